The van der Waals surface area contributed by atoms with Gasteiger partial charge in [-0.1, -0.05) is 30.7 Å². The minimum absolute atomic E-state index is 0.0377. The molecule has 1 unspecified atom stereocenters. The lowest BCUT2D eigenvalue weighted by molar-refractivity contribution is -0.133. The molecule has 1 atom stereocenters. The lowest BCUT2D eigenvalue weighted by Gasteiger charge is -2.38. The van der Waals surface area contributed by atoms with Gasteiger partial charge in [-0.15, -0.1) is 11.3 Å². The van der Waals surface area contributed by atoms with E-state index < -0.39 is 0 Å². The average molecular weight is 448 g/mol. The van der Waals surface area contributed by atoms with E-state index in [1.165, 1.54) is 10.4 Å². The third kappa shape index (κ3) is 5.35. The highest BCUT2D eigenvalue weighted by molar-refractivity contribution is 7.10. The van der Waals surface area contributed by atoms with Gasteiger partial charge in [0.2, 0.25) is 5.91 Å². The highest BCUT2D eigenvalue weighted by Gasteiger charge is 2.34. The lowest BCUT2D eigenvalue weighted by Crippen LogP contribution is -2.52. The van der Waals surface area contributed by atoms with Crippen LogP contribution in [-0.2, 0) is 11.2 Å². The number of rotatable bonds is 5. The largest absolute Gasteiger partial charge is 0.333 e. The number of halogens is 1. The van der Waals surface area contributed by atoms with Crippen molar-refractivity contribution in [3.8, 4) is 0 Å². The Morgan fingerprint density at radius 3 is 2.57 bits per heavy atom. The molecule has 1 N–H and O–H groups in total. The Balaban J connectivity index is 1.85. The van der Waals surface area contributed by atoms with Crippen LogP contribution in [-0.4, -0.2) is 46.9 Å². The molecule has 1 aromatic carbocycles. The summed E-state index contributed by atoms with van der Waals surface area (Å²) in [5.41, 5.74) is 1.85. The molecule has 0 fully saturated rings. The highest BCUT2D eigenvalue weighted by Crippen LogP contribution is 2.38. The lowest BCUT2D eigenvalue weighted by atomic mass is 9.93. The number of amides is 3. The van der Waals surface area contributed by atoms with Gasteiger partial charge >= 0.3 is 6.03 Å². The fourth-order valence-electron chi connectivity index (χ4n) is 3.77. The summed E-state index contributed by atoms with van der Waals surface area (Å²) in [5, 5.41) is 5.73. The molecule has 0 bridgehead atoms. The Bertz CT molecular complexity index is 889. The van der Waals surface area contributed by atoms with Gasteiger partial charge in [0.1, 0.15) is 6.54 Å². The van der Waals surface area contributed by atoms with Gasteiger partial charge < -0.3 is 15.1 Å². The van der Waals surface area contributed by atoms with E-state index in [1.54, 1.807) is 16.2 Å². The van der Waals surface area contributed by atoms with Crippen LogP contribution in [0.3, 0.4) is 0 Å². The predicted molar refractivity (Wildman–Crippen MR) is 123 cm³/mol. The molecule has 162 valence electrons. The van der Waals surface area contributed by atoms with Gasteiger partial charge in [0, 0.05) is 28.5 Å². The van der Waals surface area contributed by atoms with Crippen molar-refractivity contribution in [3.63, 3.8) is 0 Å². The second-order valence-corrected chi connectivity index (χ2v) is 10.1. The number of nitrogens with zero attached hydrogens (tertiary/aromatic N) is 2. The SMILES string of the molecule is CCCN(CC(=O)N1CCc2sccc2C1c1ccc(Cl)cc1)C(=O)NC(C)(C)C. The maximum atomic E-state index is 13.4. The molecule has 3 amide bonds. The first-order valence-electron chi connectivity index (χ1n) is 10.4. The van der Waals surface area contributed by atoms with E-state index in [4.69, 9.17) is 11.6 Å². The van der Waals surface area contributed by atoms with Crippen molar-refractivity contribution in [1.29, 1.82) is 0 Å². The molecular formula is C23H30ClN3O2S. The number of fused-ring (bicyclic) bond motifs is 1. The van der Waals surface area contributed by atoms with Crippen molar-refractivity contribution in [3.05, 3.63) is 56.7 Å². The number of hydrogen-bond acceptors (Lipinski definition) is 3. The van der Waals surface area contributed by atoms with Crippen LogP contribution in [0.15, 0.2) is 35.7 Å². The van der Waals surface area contributed by atoms with E-state index in [9.17, 15) is 9.59 Å². The summed E-state index contributed by atoms with van der Waals surface area (Å²) in [4.78, 5) is 31.0. The summed E-state index contributed by atoms with van der Waals surface area (Å²) in [6, 6.07) is 9.44. The summed E-state index contributed by atoms with van der Waals surface area (Å²) in [6.45, 7) is 9.08. The molecule has 0 saturated carbocycles. The van der Waals surface area contributed by atoms with Crippen LogP contribution in [0.2, 0.25) is 5.02 Å². The number of hydrogen-bond donors (Lipinski definition) is 1. The Morgan fingerprint density at radius 1 is 1.23 bits per heavy atom. The fourth-order valence-corrected chi connectivity index (χ4v) is 4.80. The summed E-state index contributed by atoms with van der Waals surface area (Å²) in [6.07, 6.45) is 1.63. The van der Waals surface area contributed by atoms with Gasteiger partial charge in [-0.3, -0.25) is 4.79 Å². The molecule has 0 saturated heterocycles. The zero-order valence-corrected chi connectivity index (χ0v) is 19.6. The monoisotopic (exact) mass is 447 g/mol. The zero-order valence-electron chi connectivity index (χ0n) is 18.1. The van der Waals surface area contributed by atoms with E-state index >= 15 is 0 Å². The predicted octanol–water partition coefficient (Wildman–Crippen LogP) is 5.10. The highest BCUT2D eigenvalue weighted by atomic mass is 35.5. The number of nitrogens with one attached hydrogen (secondary N) is 1. The molecule has 2 aromatic rings. The van der Waals surface area contributed by atoms with Crippen molar-refractivity contribution < 1.29 is 9.59 Å². The van der Waals surface area contributed by atoms with Gasteiger partial charge in [0.15, 0.2) is 0 Å². The second kappa shape index (κ2) is 9.40. The summed E-state index contributed by atoms with van der Waals surface area (Å²) >= 11 is 7.83. The smallest absolute Gasteiger partial charge is 0.318 e. The van der Waals surface area contributed by atoms with Gasteiger partial charge in [0.05, 0.1) is 6.04 Å². The minimum atomic E-state index is -0.353. The number of benzene rings is 1. The van der Waals surface area contributed by atoms with E-state index in [2.05, 4.69) is 16.8 Å². The van der Waals surface area contributed by atoms with Gasteiger partial charge in [-0.05, 0) is 68.3 Å². The van der Waals surface area contributed by atoms with Crippen LogP contribution in [0, 0.1) is 0 Å². The number of thiophene rings is 1. The number of carbonyl (C=O) groups is 2. The third-order valence-electron chi connectivity index (χ3n) is 5.06. The Morgan fingerprint density at radius 2 is 1.93 bits per heavy atom. The Labute approximate surface area is 188 Å². The van der Waals surface area contributed by atoms with Crippen molar-refractivity contribution in [1.82, 2.24) is 15.1 Å². The molecule has 0 spiro atoms. The fraction of sp³-hybridized carbons (Fsp3) is 0.478. The number of urea groups is 1. The molecule has 0 aliphatic carbocycles. The van der Waals surface area contributed by atoms with Crippen LogP contribution in [0.5, 0.6) is 0 Å². The van der Waals surface area contributed by atoms with Crippen molar-refractivity contribution in [2.45, 2.75) is 52.1 Å². The van der Waals surface area contributed by atoms with E-state index in [0.717, 1.165) is 18.4 Å². The van der Waals surface area contributed by atoms with Gasteiger partial charge in [0.25, 0.3) is 0 Å². The molecule has 1 aromatic heterocycles. The van der Waals surface area contributed by atoms with Crippen molar-refractivity contribution in [2.24, 2.45) is 0 Å². The van der Waals surface area contributed by atoms with E-state index in [1.807, 2.05) is 56.9 Å². The van der Waals surface area contributed by atoms with Crippen molar-refractivity contribution in [2.75, 3.05) is 19.6 Å². The molecule has 5 nitrogen and oxygen atoms in total. The van der Waals surface area contributed by atoms with Crippen LogP contribution < -0.4 is 5.32 Å². The zero-order chi connectivity index (χ0) is 21.9. The molecule has 2 heterocycles. The van der Waals surface area contributed by atoms with E-state index in [0.29, 0.717) is 18.1 Å². The average Bonchev–Trinajstić information content (AvgIpc) is 3.15. The summed E-state index contributed by atoms with van der Waals surface area (Å²) in [7, 11) is 0. The molecule has 1 aliphatic rings. The van der Waals surface area contributed by atoms with Crippen LogP contribution in [0.25, 0.3) is 0 Å². The molecule has 1 aliphatic heterocycles. The minimum Gasteiger partial charge on any atom is -0.333 e. The third-order valence-corrected chi connectivity index (χ3v) is 6.31. The Kier molecular flexibility index (Phi) is 7.09. The normalized spacial score (nSPS) is 16.2. The first kappa shape index (κ1) is 22.6. The van der Waals surface area contributed by atoms with Gasteiger partial charge in [-0.25, -0.2) is 4.79 Å². The topological polar surface area (TPSA) is 52.7 Å². The quantitative estimate of drug-likeness (QED) is 0.693. The molecule has 3 rings (SSSR count). The first-order valence-corrected chi connectivity index (χ1v) is 11.6. The molecule has 7 heteroatoms. The Hall–Kier alpha value is -2.05. The van der Waals surface area contributed by atoms with Crippen LogP contribution in [0.1, 0.15) is 56.2 Å². The number of carbonyl (C=O) groups excluding carboxylic acids is 2. The molecular weight excluding hydrogens is 418 g/mol. The molecule has 30 heavy (non-hydrogen) atoms. The van der Waals surface area contributed by atoms with Crippen LogP contribution in [0.4, 0.5) is 4.79 Å². The summed E-state index contributed by atoms with van der Waals surface area (Å²) < 4.78 is 0. The van der Waals surface area contributed by atoms with Gasteiger partial charge in [-0.2, -0.15) is 0 Å². The van der Waals surface area contributed by atoms with Crippen LogP contribution >= 0.6 is 22.9 Å². The molecule has 0 radical (unpaired) electrons. The standard InChI is InChI=1S/C23H30ClN3O2S/c1-5-12-26(22(29)25-23(2,3)4)15-20(28)27-13-10-19-18(11-14-30-19)21(27)16-6-8-17(24)9-7-16/h6-9,11,14,21H,5,10,12-13,15H2,1-4H3,(H,25,29). The summed E-state index contributed by atoms with van der Waals surface area (Å²) in [5.74, 6) is -0.0377. The van der Waals surface area contributed by atoms with Crippen molar-refractivity contribution >= 4 is 34.9 Å². The first-order chi connectivity index (χ1) is 14.2. The maximum absolute atomic E-state index is 13.4. The second-order valence-electron chi connectivity index (χ2n) is 8.69. The maximum Gasteiger partial charge on any atom is 0.318 e. The van der Waals surface area contributed by atoms with E-state index in [-0.39, 0.29) is 30.1 Å².